The molecule has 1 atom stereocenters. The van der Waals surface area contributed by atoms with Crippen molar-refractivity contribution in [2.45, 2.75) is 50.9 Å². The summed E-state index contributed by atoms with van der Waals surface area (Å²) in [5.74, 6) is -1.54. The Balaban J connectivity index is 1.85. The number of piperidine rings is 1. The van der Waals surface area contributed by atoms with Crippen molar-refractivity contribution in [3.05, 3.63) is 0 Å². The summed E-state index contributed by atoms with van der Waals surface area (Å²) in [5, 5.41) is 0. The zero-order valence-electron chi connectivity index (χ0n) is 11.2. The van der Waals surface area contributed by atoms with Crippen molar-refractivity contribution in [2.75, 3.05) is 19.0 Å². The molecule has 2 fully saturated rings. The standard InChI is InChI=1S/C14H22ClF2NO/c15-8-5-11-2-1-9-18(10-11)13(19)12-3-6-14(16,17)7-4-12/h11-12H,1-10H2. The van der Waals surface area contributed by atoms with E-state index in [2.05, 4.69) is 0 Å². The highest BCUT2D eigenvalue weighted by Crippen LogP contribution is 2.37. The maximum atomic E-state index is 13.1. The van der Waals surface area contributed by atoms with Gasteiger partial charge in [0.1, 0.15) is 0 Å². The Kier molecular flexibility index (Phi) is 5.04. The van der Waals surface area contributed by atoms with Gasteiger partial charge in [0.25, 0.3) is 0 Å². The van der Waals surface area contributed by atoms with E-state index >= 15 is 0 Å². The van der Waals surface area contributed by atoms with Crippen LogP contribution in [0, 0.1) is 11.8 Å². The van der Waals surface area contributed by atoms with Crippen molar-refractivity contribution in [2.24, 2.45) is 11.8 Å². The van der Waals surface area contributed by atoms with E-state index in [1.165, 1.54) is 0 Å². The molecule has 1 aliphatic heterocycles. The number of halogens is 3. The highest BCUT2D eigenvalue weighted by Gasteiger charge is 2.39. The molecule has 0 bridgehead atoms. The number of hydrogen-bond donors (Lipinski definition) is 0. The molecule has 5 heteroatoms. The summed E-state index contributed by atoms with van der Waals surface area (Å²) < 4.78 is 26.2. The summed E-state index contributed by atoms with van der Waals surface area (Å²) in [6.45, 7) is 1.54. The van der Waals surface area contributed by atoms with E-state index in [-0.39, 0.29) is 24.7 Å². The molecule has 1 saturated heterocycles. The summed E-state index contributed by atoms with van der Waals surface area (Å²) in [5.41, 5.74) is 0. The fraction of sp³-hybridized carbons (Fsp3) is 0.929. The van der Waals surface area contributed by atoms with E-state index in [4.69, 9.17) is 11.6 Å². The van der Waals surface area contributed by atoms with Gasteiger partial charge in [0.2, 0.25) is 11.8 Å². The molecule has 2 nitrogen and oxygen atoms in total. The van der Waals surface area contributed by atoms with Crippen molar-refractivity contribution < 1.29 is 13.6 Å². The largest absolute Gasteiger partial charge is 0.342 e. The van der Waals surface area contributed by atoms with Crippen LogP contribution < -0.4 is 0 Å². The first-order valence-corrected chi connectivity index (χ1v) is 7.78. The van der Waals surface area contributed by atoms with Crippen molar-refractivity contribution in [1.29, 1.82) is 0 Å². The molecule has 110 valence electrons. The molecule has 0 N–H and O–H groups in total. The van der Waals surface area contributed by atoms with Crippen LogP contribution in [-0.2, 0) is 4.79 Å². The Labute approximate surface area is 118 Å². The lowest BCUT2D eigenvalue weighted by Crippen LogP contribution is -2.44. The molecule has 1 saturated carbocycles. The number of carbonyl (C=O) groups excluding carboxylic acids is 1. The Bertz CT molecular complexity index is 313. The van der Waals surface area contributed by atoms with Gasteiger partial charge in [-0.1, -0.05) is 0 Å². The predicted octanol–water partition coefficient (Wildman–Crippen LogP) is 3.68. The third-order valence-corrected chi connectivity index (χ3v) is 4.63. The SMILES string of the molecule is O=C(C1CCC(F)(F)CC1)N1CCCC(CCCl)C1. The lowest BCUT2D eigenvalue weighted by Gasteiger charge is -2.36. The molecule has 1 heterocycles. The summed E-state index contributed by atoms with van der Waals surface area (Å²) in [4.78, 5) is 14.2. The Morgan fingerprint density at radius 3 is 2.58 bits per heavy atom. The molecule has 0 aromatic heterocycles. The molecule has 0 aromatic rings. The second-order valence-electron chi connectivity index (χ2n) is 5.90. The minimum Gasteiger partial charge on any atom is -0.342 e. The first-order chi connectivity index (χ1) is 9.02. The van der Waals surface area contributed by atoms with E-state index in [0.717, 1.165) is 32.4 Å². The first-order valence-electron chi connectivity index (χ1n) is 7.24. The molecular weight excluding hydrogens is 272 g/mol. The van der Waals surface area contributed by atoms with Gasteiger partial charge >= 0.3 is 0 Å². The van der Waals surface area contributed by atoms with Crippen LogP contribution in [0.3, 0.4) is 0 Å². The molecule has 2 rings (SSSR count). The second-order valence-corrected chi connectivity index (χ2v) is 6.28. The van der Waals surface area contributed by atoms with E-state index in [1.54, 1.807) is 0 Å². The summed E-state index contributed by atoms with van der Waals surface area (Å²) in [6, 6.07) is 0. The number of likely N-dealkylation sites (tertiary alicyclic amines) is 1. The summed E-state index contributed by atoms with van der Waals surface area (Å²) >= 11 is 5.76. The minimum atomic E-state index is -2.56. The van der Waals surface area contributed by atoms with Gasteiger partial charge in [0.15, 0.2) is 0 Å². The van der Waals surface area contributed by atoms with Crippen molar-refractivity contribution >= 4 is 17.5 Å². The maximum absolute atomic E-state index is 13.1. The molecule has 0 aromatic carbocycles. The number of rotatable bonds is 3. The van der Waals surface area contributed by atoms with E-state index in [9.17, 15) is 13.6 Å². The zero-order valence-corrected chi connectivity index (χ0v) is 12.0. The van der Waals surface area contributed by atoms with Crippen LogP contribution in [0.2, 0.25) is 0 Å². The minimum absolute atomic E-state index is 0.0924. The van der Waals surface area contributed by atoms with E-state index in [0.29, 0.717) is 24.6 Å². The van der Waals surface area contributed by atoms with Gasteiger partial charge in [-0.3, -0.25) is 4.79 Å². The van der Waals surface area contributed by atoms with Gasteiger partial charge in [-0.2, -0.15) is 0 Å². The fourth-order valence-corrected chi connectivity index (χ4v) is 3.51. The van der Waals surface area contributed by atoms with Gasteiger partial charge in [0.05, 0.1) is 0 Å². The normalized spacial score (nSPS) is 28.4. The Morgan fingerprint density at radius 1 is 1.26 bits per heavy atom. The van der Waals surface area contributed by atoms with Crippen LogP contribution >= 0.6 is 11.6 Å². The van der Waals surface area contributed by atoms with Crippen molar-refractivity contribution in [3.63, 3.8) is 0 Å². The molecular formula is C14H22ClF2NO. The highest BCUT2D eigenvalue weighted by atomic mass is 35.5. The fourth-order valence-electron chi connectivity index (χ4n) is 3.20. The molecule has 0 radical (unpaired) electrons. The topological polar surface area (TPSA) is 20.3 Å². The second kappa shape index (κ2) is 6.38. The van der Waals surface area contributed by atoms with E-state index in [1.807, 2.05) is 4.90 Å². The van der Waals surface area contributed by atoms with Crippen LogP contribution in [0.5, 0.6) is 0 Å². The average molecular weight is 294 g/mol. The van der Waals surface area contributed by atoms with Gasteiger partial charge in [-0.15, -0.1) is 11.6 Å². The molecule has 2 aliphatic rings. The van der Waals surface area contributed by atoms with Crippen LogP contribution in [0.4, 0.5) is 8.78 Å². The smallest absolute Gasteiger partial charge is 0.248 e. The van der Waals surface area contributed by atoms with Gasteiger partial charge in [-0.05, 0) is 38.0 Å². The number of carbonyl (C=O) groups is 1. The maximum Gasteiger partial charge on any atom is 0.248 e. The number of hydrogen-bond acceptors (Lipinski definition) is 1. The lowest BCUT2D eigenvalue weighted by molar-refractivity contribution is -0.141. The van der Waals surface area contributed by atoms with Crippen molar-refractivity contribution in [1.82, 2.24) is 4.90 Å². The number of nitrogens with zero attached hydrogens (tertiary/aromatic N) is 1. The van der Waals surface area contributed by atoms with Gasteiger partial charge < -0.3 is 4.90 Å². The number of alkyl halides is 3. The van der Waals surface area contributed by atoms with Crippen LogP contribution in [0.15, 0.2) is 0 Å². The van der Waals surface area contributed by atoms with Crippen LogP contribution in [0.25, 0.3) is 0 Å². The molecule has 1 unspecified atom stereocenters. The molecule has 19 heavy (non-hydrogen) atoms. The zero-order chi connectivity index (χ0) is 13.9. The Morgan fingerprint density at radius 2 is 1.95 bits per heavy atom. The quantitative estimate of drug-likeness (QED) is 0.727. The first kappa shape index (κ1) is 15.0. The van der Waals surface area contributed by atoms with Gasteiger partial charge in [0, 0.05) is 37.7 Å². The number of amides is 1. The third kappa shape index (κ3) is 4.04. The monoisotopic (exact) mass is 293 g/mol. The predicted molar refractivity (Wildman–Crippen MR) is 71.5 cm³/mol. The van der Waals surface area contributed by atoms with Crippen molar-refractivity contribution in [3.8, 4) is 0 Å². The average Bonchev–Trinajstić information content (AvgIpc) is 2.39. The van der Waals surface area contributed by atoms with E-state index < -0.39 is 5.92 Å². The van der Waals surface area contributed by atoms with Crippen LogP contribution in [0.1, 0.15) is 44.9 Å². The third-order valence-electron chi connectivity index (χ3n) is 4.41. The Hall–Kier alpha value is -0.380. The summed E-state index contributed by atoms with van der Waals surface area (Å²) in [6.07, 6.45) is 3.47. The molecule has 1 aliphatic carbocycles. The summed E-state index contributed by atoms with van der Waals surface area (Å²) in [7, 11) is 0. The molecule has 1 amide bonds. The lowest BCUT2D eigenvalue weighted by atomic mass is 9.85. The van der Waals surface area contributed by atoms with Gasteiger partial charge in [-0.25, -0.2) is 8.78 Å². The molecule has 0 spiro atoms. The highest BCUT2D eigenvalue weighted by molar-refractivity contribution is 6.17. The van der Waals surface area contributed by atoms with Crippen LogP contribution in [-0.4, -0.2) is 35.7 Å².